The van der Waals surface area contributed by atoms with Gasteiger partial charge in [0.05, 0.1) is 6.61 Å². The number of rotatable bonds is 6. The van der Waals surface area contributed by atoms with Gasteiger partial charge in [0.2, 0.25) is 0 Å². The summed E-state index contributed by atoms with van der Waals surface area (Å²) in [5.74, 6) is -0.335. The Kier molecular flexibility index (Phi) is 5.89. The van der Waals surface area contributed by atoms with Crippen molar-refractivity contribution in [1.29, 1.82) is 0 Å². The predicted molar refractivity (Wildman–Crippen MR) is 65.0 cm³/mol. The Morgan fingerprint density at radius 3 is 2.40 bits per heavy atom. The molecule has 0 spiro atoms. The molecule has 3 nitrogen and oxygen atoms in total. The molecule has 86 valence electrons. The summed E-state index contributed by atoms with van der Waals surface area (Å²) in [4.78, 5) is 11.0. The zero-order valence-electron chi connectivity index (χ0n) is 10.1. The minimum absolute atomic E-state index is 0.335. The fraction of sp³-hybridized carbons (Fsp3) is 0.700. The van der Waals surface area contributed by atoms with Gasteiger partial charge < -0.3 is 9.20 Å². The SMILES string of the molecule is C=C(C)C(=O)OCCC[Si](C)(C)[Si](C)=O. The van der Waals surface area contributed by atoms with Crippen LogP contribution in [0.4, 0.5) is 0 Å². The lowest BCUT2D eigenvalue weighted by atomic mass is 10.4. The van der Waals surface area contributed by atoms with E-state index in [1.165, 1.54) is 0 Å². The fourth-order valence-corrected chi connectivity index (χ4v) is 3.95. The second kappa shape index (κ2) is 6.12. The van der Waals surface area contributed by atoms with Gasteiger partial charge >= 0.3 is 5.97 Å². The highest BCUT2D eigenvalue weighted by molar-refractivity contribution is 7.25. The molecule has 0 saturated heterocycles. The molecule has 0 N–H and O–H groups in total. The number of hydrogen-bond donors (Lipinski definition) is 0. The van der Waals surface area contributed by atoms with Crippen LogP contribution in [0.1, 0.15) is 13.3 Å². The summed E-state index contributed by atoms with van der Waals surface area (Å²) >= 11 is 0. The molecule has 0 bridgehead atoms. The molecular weight excluding hydrogens is 224 g/mol. The molecule has 0 saturated carbocycles. The third-order valence-electron chi connectivity index (χ3n) is 2.48. The first-order valence-electron chi connectivity index (χ1n) is 5.11. The molecule has 0 aliphatic carbocycles. The van der Waals surface area contributed by atoms with Crippen LogP contribution in [-0.4, -0.2) is 28.4 Å². The van der Waals surface area contributed by atoms with Crippen molar-refractivity contribution in [3.63, 3.8) is 0 Å². The molecule has 0 aliphatic rings. The molecule has 0 atom stereocenters. The van der Waals surface area contributed by atoms with Crippen molar-refractivity contribution >= 4 is 21.8 Å². The fourth-order valence-electron chi connectivity index (χ4n) is 0.978. The van der Waals surface area contributed by atoms with Gasteiger partial charge in [0.15, 0.2) is 0 Å². The summed E-state index contributed by atoms with van der Waals surface area (Å²) in [6.45, 7) is 11.6. The first-order chi connectivity index (χ1) is 6.77. The number of ether oxygens (including phenoxy) is 1. The Bertz CT molecular complexity index is 272. The van der Waals surface area contributed by atoms with E-state index in [1.807, 2.05) is 6.55 Å². The number of carbonyl (C=O) groups excluding carboxylic acids is 1. The van der Waals surface area contributed by atoms with Crippen molar-refractivity contribution in [2.45, 2.75) is 39.0 Å². The van der Waals surface area contributed by atoms with E-state index in [9.17, 15) is 9.26 Å². The minimum Gasteiger partial charge on any atom is -0.462 e. The van der Waals surface area contributed by atoms with E-state index >= 15 is 0 Å². The van der Waals surface area contributed by atoms with Crippen molar-refractivity contribution in [2.24, 2.45) is 0 Å². The molecule has 0 unspecified atom stereocenters. The maximum atomic E-state index is 11.4. The van der Waals surface area contributed by atoms with Crippen molar-refractivity contribution in [3.05, 3.63) is 12.2 Å². The van der Waals surface area contributed by atoms with Gasteiger partial charge in [-0.15, -0.1) is 0 Å². The van der Waals surface area contributed by atoms with Gasteiger partial charge in [-0.2, -0.15) is 0 Å². The highest BCUT2D eigenvalue weighted by Gasteiger charge is 2.27. The van der Waals surface area contributed by atoms with E-state index in [4.69, 9.17) is 4.74 Å². The van der Waals surface area contributed by atoms with E-state index in [0.717, 1.165) is 12.5 Å². The van der Waals surface area contributed by atoms with Crippen LogP contribution in [0.2, 0.25) is 25.7 Å². The summed E-state index contributed by atoms with van der Waals surface area (Å²) in [6.07, 6.45) is 0.808. The van der Waals surface area contributed by atoms with Crippen molar-refractivity contribution in [3.8, 4) is 0 Å². The third kappa shape index (κ3) is 5.79. The molecule has 0 fully saturated rings. The summed E-state index contributed by atoms with van der Waals surface area (Å²) in [7, 11) is -2.94. The van der Waals surface area contributed by atoms with Gasteiger partial charge in [-0.3, -0.25) is 0 Å². The minimum atomic E-state index is -1.55. The highest BCUT2D eigenvalue weighted by Crippen LogP contribution is 2.12. The highest BCUT2D eigenvalue weighted by atomic mass is 29.2. The molecule has 0 aromatic carbocycles. The first-order valence-corrected chi connectivity index (χ1v) is 11.2. The molecule has 0 aromatic heterocycles. The van der Waals surface area contributed by atoms with Crippen LogP contribution < -0.4 is 0 Å². The Morgan fingerprint density at radius 2 is 2.00 bits per heavy atom. The van der Waals surface area contributed by atoms with E-state index in [2.05, 4.69) is 19.7 Å². The van der Waals surface area contributed by atoms with Crippen LogP contribution in [-0.2, 0) is 14.0 Å². The zero-order valence-corrected chi connectivity index (χ0v) is 12.1. The van der Waals surface area contributed by atoms with Gasteiger partial charge in [-0.25, -0.2) is 4.79 Å². The van der Waals surface area contributed by atoms with E-state index in [1.54, 1.807) is 6.92 Å². The maximum Gasteiger partial charge on any atom is 0.333 e. The van der Waals surface area contributed by atoms with Crippen LogP contribution in [0.3, 0.4) is 0 Å². The average Bonchev–Trinajstić information content (AvgIpc) is 2.11. The smallest absolute Gasteiger partial charge is 0.333 e. The molecule has 15 heavy (non-hydrogen) atoms. The Morgan fingerprint density at radius 1 is 1.47 bits per heavy atom. The van der Waals surface area contributed by atoms with Crippen molar-refractivity contribution in [1.82, 2.24) is 0 Å². The molecule has 0 heterocycles. The Hall–Kier alpha value is -0.556. The van der Waals surface area contributed by atoms with Crippen LogP contribution in [0.15, 0.2) is 12.2 Å². The van der Waals surface area contributed by atoms with Crippen molar-refractivity contribution < 1.29 is 14.0 Å². The average molecular weight is 244 g/mol. The molecular formula is C10H20O3Si2. The number of esters is 1. The lowest BCUT2D eigenvalue weighted by Gasteiger charge is -2.16. The van der Waals surface area contributed by atoms with Crippen LogP contribution in [0.25, 0.3) is 0 Å². The topological polar surface area (TPSA) is 43.4 Å². The van der Waals surface area contributed by atoms with E-state index in [0.29, 0.717) is 12.2 Å². The summed E-state index contributed by atoms with van der Waals surface area (Å²) < 4.78 is 16.4. The van der Waals surface area contributed by atoms with Crippen LogP contribution in [0.5, 0.6) is 0 Å². The molecule has 0 amide bonds. The quantitative estimate of drug-likeness (QED) is 0.312. The van der Waals surface area contributed by atoms with Gasteiger partial charge in [-0.1, -0.05) is 25.7 Å². The largest absolute Gasteiger partial charge is 0.462 e. The molecule has 0 rings (SSSR count). The van der Waals surface area contributed by atoms with Gasteiger partial charge in [-0.05, 0) is 19.9 Å². The molecule has 0 aromatic rings. The summed E-state index contributed by atoms with van der Waals surface area (Å²) in [6, 6.07) is 0.949. The third-order valence-corrected chi connectivity index (χ3v) is 12.5. The van der Waals surface area contributed by atoms with Gasteiger partial charge in [0, 0.05) is 5.57 Å². The van der Waals surface area contributed by atoms with E-state index < -0.39 is 15.8 Å². The second-order valence-electron chi connectivity index (χ2n) is 4.46. The lowest BCUT2D eigenvalue weighted by molar-refractivity contribution is -0.138. The van der Waals surface area contributed by atoms with Crippen LogP contribution >= 0.6 is 0 Å². The predicted octanol–water partition coefficient (Wildman–Crippen LogP) is 2.33. The number of carbonyl (C=O) groups is 1. The van der Waals surface area contributed by atoms with Gasteiger partial charge in [0.25, 0.3) is 8.20 Å². The lowest BCUT2D eigenvalue weighted by Crippen LogP contribution is -2.37. The monoisotopic (exact) mass is 244 g/mol. The molecule has 0 radical (unpaired) electrons. The van der Waals surface area contributed by atoms with E-state index in [-0.39, 0.29) is 5.97 Å². The normalized spacial score (nSPS) is 10.9. The van der Waals surface area contributed by atoms with Crippen molar-refractivity contribution in [2.75, 3.05) is 6.61 Å². The van der Waals surface area contributed by atoms with Crippen LogP contribution in [0, 0.1) is 0 Å². The van der Waals surface area contributed by atoms with Gasteiger partial charge in [0.1, 0.15) is 7.59 Å². The molecule has 0 aliphatic heterocycles. The molecule has 5 heteroatoms. The summed E-state index contributed by atoms with van der Waals surface area (Å²) in [5, 5.41) is 0. The Balaban J connectivity index is 3.77. The second-order valence-corrected chi connectivity index (χ2v) is 16.0. The maximum absolute atomic E-state index is 11.4. The summed E-state index contributed by atoms with van der Waals surface area (Å²) in [5.41, 5.74) is 0.426. The first kappa shape index (κ1) is 14.4. The number of hydrogen-bond acceptors (Lipinski definition) is 3. The Labute approximate surface area is 94.0 Å². The standard InChI is InChI=1S/C10H20O3Si2/c1-9(2)10(11)13-7-6-8-15(4,5)14(3)12/h1,6-8H2,2-5H3. The zero-order chi connectivity index (χ0) is 12.1.